The van der Waals surface area contributed by atoms with E-state index >= 15 is 0 Å². The molecule has 1 fully saturated rings. The van der Waals surface area contributed by atoms with Crippen molar-refractivity contribution in [3.05, 3.63) is 29.8 Å². The lowest BCUT2D eigenvalue weighted by Gasteiger charge is -2.27. The van der Waals surface area contributed by atoms with Gasteiger partial charge < -0.3 is 37.5 Å². The Morgan fingerprint density at radius 2 is 1.55 bits per heavy atom. The Balaban J connectivity index is 1.95. The second-order valence-corrected chi connectivity index (χ2v) is 16.7. The van der Waals surface area contributed by atoms with Crippen molar-refractivity contribution in [1.82, 2.24) is 25.8 Å². The average molecular weight is 833 g/mol. The van der Waals surface area contributed by atoms with Crippen molar-refractivity contribution in [3.8, 4) is 0 Å². The Hall–Kier alpha value is -4.87. The number of nitrogens with two attached hydrogens (primary N) is 2. The van der Waals surface area contributed by atoms with Crippen LogP contribution in [-0.2, 0) is 40.1 Å². The summed E-state index contributed by atoms with van der Waals surface area (Å²) >= 11 is 1.58. The molecule has 1 aromatic carbocycles. The fourth-order valence-corrected chi connectivity index (χ4v) is 7.84. The van der Waals surface area contributed by atoms with E-state index in [0.29, 0.717) is 48.7 Å². The van der Waals surface area contributed by atoms with Crippen molar-refractivity contribution in [2.45, 2.75) is 135 Å². The number of nitrogens with one attached hydrogen (secondary N) is 4. The largest absolute Gasteiger partial charge is 0.445 e. The number of anilines is 1. The number of urea groups is 1. The normalized spacial score (nSPS) is 15.6. The number of ether oxygens (including phenoxy) is 1. The van der Waals surface area contributed by atoms with Gasteiger partial charge in [-0.15, -0.1) is 11.8 Å². The maximum absolute atomic E-state index is 13.5. The molecular formula is C40H64N8O9S. The van der Waals surface area contributed by atoms with Gasteiger partial charge in [-0.3, -0.25) is 38.6 Å². The standard InChI is InChI=1S/C40H64N8O9S/c1-8-28(9-2)58-30-22-32(50)48(38(30)54)21-12-10-11-15-31(49)46-33(24(3)4)37(53)45-29(14-13-20-43-39(42)55)36(52)44-27-18-16-26(17-19-27)23-57-40(56)47(7)34(25(5)6)35(41)51/h16-19,24-25,28-30,33-34H,8-15,20-23H2,1-7H3,(H2,41,51)(H,44,52)(H,45,53)(H,46,49)(H3,42,43,55)/t29-,30?,33-,34-/m0/s1. The van der Waals surface area contributed by atoms with Crippen molar-refractivity contribution in [3.63, 3.8) is 0 Å². The first-order valence-electron chi connectivity index (χ1n) is 20.1. The van der Waals surface area contributed by atoms with Crippen LogP contribution in [0.3, 0.4) is 0 Å². The molecule has 0 aliphatic carbocycles. The molecule has 1 aliphatic heterocycles. The summed E-state index contributed by atoms with van der Waals surface area (Å²) in [4.78, 5) is 103. The molecule has 1 aromatic rings. The molecule has 1 heterocycles. The molecule has 4 atom stereocenters. The SMILES string of the molecule is CCC(CC)SC1CC(=O)N(CCCCCC(=O)N[C@H](C(=O)N[C@@H](CCCNC(N)=O)C(=O)Nc2ccc(COC(=O)N(C)[C@H](C(N)=O)C(C)C)cc2)C(C)C)C1=O. The molecule has 0 aromatic heterocycles. The van der Waals surface area contributed by atoms with Crippen LogP contribution in [0.25, 0.3) is 0 Å². The molecule has 58 heavy (non-hydrogen) atoms. The summed E-state index contributed by atoms with van der Waals surface area (Å²) in [5.74, 6) is -2.92. The highest BCUT2D eigenvalue weighted by Crippen LogP contribution is 2.31. The number of primary amides is 2. The van der Waals surface area contributed by atoms with Gasteiger partial charge in [0.25, 0.3) is 0 Å². The zero-order valence-electron chi connectivity index (χ0n) is 35.0. The number of rotatable bonds is 25. The van der Waals surface area contributed by atoms with Gasteiger partial charge in [0.2, 0.25) is 35.4 Å². The van der Waals surface area contributed by atoms with E-state index in [4.69, 9.17) is 16.2 Å². The van der Waals surface area contributed by atoms with Crippen LogP contribution in [0.15, 0.2) is 24.3 Å². The van der Waals surface area contributed by atoms with E-state index in [1.807, 2.05) is 0 Å². The molecule has 17 nitrogen and oxygen atoms in total. The molecule has 9 amide bonds. The predicted octanol–water partition coefficient (Wildman–Crippen LogP) is 3.39. The van der Waals surface area contributed by atoms with Crippen LogP contribution in [-0.4, -0.2) is 106 Å². The Kier molecular flexibility index (Phi) is 21.1. The minimum absolute atomic E-state index is 0.103. The first kappa shape index (κ1) is 49.3. The Labute approximate surface area is 346 Å². The molecule has 18 heteroatoms. The number of likely N-dealkylation sites (tertiary alicyclic amines) is 1. The molecule has 1 aliphatic rings. The number of amides is 9. The van der Waals surface area contributed by atoms with Crippen LogP contribution in [0.2, 0.25) is 0 Å². The van der Waals surface area contributed by atoms with E-state index in [2.05, 4.69) is 35.1 Å². The monoisotopic (exact) mass is 832 g/mol. The van der Waals surface area contributed by atoms with Crippen LogP contribution in [0.5, 0.6) is 0 Å². The fraction of sp³-hybridized carbons (Fsp3) is 0.650. The lowest BCUT2D eigenvalue weighted by Crippen LogP contribution is -2.54. The number of imide groups is 1. The smallest absolute Gasteiger partial charge is 0.410 e. The van der Waals surface area contributed by atoms with Gasteiger partial charge in [-0.25, -0.2) is 9.59 Å². The van der Waals surface area contributed by atoms with Gasteiger partial charge in [0.15, 0.2) is 0 Å². The van der Waals surface area contributed by atoms with Crippen molar-refractivity contribution in [2.75, 3.05) is 25.5 Å². The Morgan fingerprint density at radius 1 is 0.897 bits per heavy atom. The third-order valence-electron chi connectivity index (χ3n) is 9.83. The van der Waals surface area contributed by atoms with E-state index in [0.717, 1.165) is 17.7 Å². The molecule has 0 spiro atoms. The number of carbonyl (C=O) groups excluding carboxylic acids is 8. The number of unbranched alkanes of at least 4 members (excludes halogenated alkanes) is 2. The fourth-order valence-electron chi connectivity index (χ4n) is 6.51. The van der Waals surface area contributed by atoms with E-state index in [-0.39, 0.29) is 67.2 Å². The maximum Gasteiger partial charge on any atom is 0.410 e. The molecule has 0 radical (unpaired) electrons. The maximum atomic E-state index is 13.5. The van der Waals surface area contributed by atoms with Crippen LogP contribution in [0.1, 0.15) is 105 Å². The zero-order chi connectivity index (χ0) is 43.5. The average Bonchev–Trinajstić information content (AvgIpc) is 3.42. The van der Waals surface area contributed by atoms with Crippen LogP contribution < -0.4 is 32.7 Å². The highest BCUT2D eigenvalue weighted by molar-refractivity contribution is 8.01. The first-order valence-corrected chi connectivity index (χ1v) is 21.1. The second kappa shape index (κ2) is 24.8. The molecular weight excluding hydrogens is 769 g/mol. The van der Waals surface area contributed by atoms with Crippen molar-refractivity contribution in [2.24, 2.45) is 23.3 Å². The number of carbonyl (C=O) groups is 8. The summed E-state index contributed by atoms with van der Waals surface area (Å²) in [5, 5.41) is 10.8. The molecule has 1 saturated heterocycles. The third kappa shape index (κ3) is 16.2. The molecule has 8 N–H and O–H groups in total. The van der Waals surface area contributed by atoms with E-state index in [1.54, 1.807) is 63.7 Å². The van der Waals surface area contributed by atoms with Gasteiger partial charge in [-0.1, -0.05) is 60.1 Å². The van der Waals surface area contributed by atoms with Crippen molar-refractivity contribution >= 4 is 65.0 Å². The minimum atomic E-state index is -1.04. The lowest BCUT2D eigenvalue weighted by molar-refractivity contribution is -0.138. The molecule has 0 saturated carbocycles. The zero-order valence-corrected chi connectivity index (χ0v) is 35.8. The topological polar surface area (TPSA) is 252 Å². The Morgan fingerprint density at radius 3 is 2.12 bits per heavy atom. The molecule has 1 unspecified atom stereocenters. The number of benzene rings is 1. The predicted molar refractivity (Wildman–Crippen MR) is 222 cm³/mol. The highest BCUT2D eigenvalue weighted by Gasteiger charge is 2.39. The van der Waals surface area contributed by atoms with Crippen LogP contribution in [0.4, 0.5) is 15.3 Å². The van der Waals surface area contributed by atoms with E-state index < -0.39 is 48.0 Å². The summed E-state index contributed by atoms with van der Waals surface area (Å²) in [6, 6.07) is 2.93. The Bertz CT molecular complexity index is 1570. The third-order valence-corrected chi connectivity index (χ3v) is 11.6. The van der Waals surface area contributed by atoms with Crippen molar-refractivity contribution in [1.29, 1.82) is 0 Å². The number of nitrogens with zero attached hydrogens (tertiary/aromatic N) is 2. The van der Waals surface area contributed by atoms with Crippen molar-refractivity contribution < 1.29 is 43.1 Å². The highest BCUT2D eigenvalue weighted by atomic mass is 32.2. The van der Waals surface area contributed by atoms with Gasteiger partial charge in [0.05, 0.1) is 5.25 Å². The summed E-state index contributed by atoms with van der Waals surface area (Å²) in [6.45, 7) is 11.6. The van der Waals surface area contributed by atoms with Gasteiger partial charge >= 0.3 is 12.1 Å². The van der Waals surface area contributed by atoms with Gasteiger partial charge in [-0.2, -0.15) is 0 Å². The lowest BCUT2D eigenvalue weighted by atomic mass is 10.0. The van der Waals surface area contributed by atoms with Crippen LogP contribution >= 0.6 is 11.8 Å². The second-order valence-electron chi connectivity index (χ2n) is 15.2. The van der Waals surface area contributed by atoms with Gasteiger partial charge in [-0.05, 0) is 68.1 Å². The number of hydrogen-bond donors (Lipinski definition) is 6. The van der Waals surface area contributed by atoms with E-state index in [9.17, 15) is 38.4 Å². The quantitative estimate of drug-likeness (QED) is 0.0619. The number of hydrogen-bond acceptors (Lipinski definition) is 10. The summed E-state index contributed by atoms with van der Waals surface area (Å²) in [6.07, 6.45) is 3.61. The molecule has 324 valence electrons. The minimum Gasteiger partial charge on any atom is -0.445 e. The first-order chi connectivity index (χ1) is 27.4. The summed E-state index contributed by atoms with van der Waals surface area (Å²) in [5.41, 5.74) is 11.6. The summed E-state index contributed by atoms with van der Waals surface area (Å²) < 4.78 is 5.34. The van der Waals surface area contributed by atoms with Gasteiger partial charge in [0.1, 0.15) is 24.7 Å². The van der Waals surface area contributed by atoms with Gasteiger partial charge in [0, 0.05) is 43.9 Å². The van der Waals surface area contributed by atoms with E-state index in [1.165, 1.54) is 11.9 Å². The van der Waals surface area contributed by atoms with Crippen LogP contribution in [0, 0.1) is 11.8 Å². The number of thioether (sulfide) groups is 1. The summed E-state index contributed by atoms with van der Waals surface area (Å²) in [7, 11) is 1.44. The number of likely N-dealkylation sites (N-methyl/N-ethyl adjacent to an activating group) is 1. The molecule has 2 rings (SSSR count). The molecule has 0 bridgehead atoms.